The second-order valence-electron chi connectivity index (χ2n) is 5.85. The molecule has 1 heterocycles. The second kappa shape index (κ2) is 5.99. The third-order valence-corrected chi connectivity index (χ3v) is 5.69. The van der Waals surface area contributed by atoms with Gasteiger partial charge in [-0.1, -0.05) is 12.1 Å². The molecular formula is C17H17FN2O3S. The van der Waals surface area contributed by atoms with Crippen LogP contribution < -0.4 is 10.0 Å². The number of hydrogen-bond acceptors (Lipinski definition) is 3. The fourth-order valence-corrected chi connectivity index (χ4v) is 3.95. The molecule has 0 radical (unpaired) electrons. The maximum Gasteiger partial charge on any atom is 0.241 e. The molecule has 0 spiro atoms. The van der Waals surface area contributed by atoms with Gasteiger partial charge < -0.3 is 5.32 Å². The number of benzene rings is 2. The highest BCUT2D eigenvalue weighted by Gasteiger charge is 2.28. The van der Waals surface area contributed by atoms with Crippen molar-refractivity contribution in [1.29, 1.82) is 0 Å². The van der Waals surface area contributed by atoms with E-state index in [-0.39, 0.29) is 22.5 Å². The summed E-state index contributed by atoms with van der Waals surface area (Å²) < 4.78 is 40.7. The summed E-state index contributed by atoms with van der Waals surface area (Å²) in [6.07, 6.45) is 0. The van der Waals surface area contributed by atoms with Gasteiger partial charge in [0.2, 0.25) is 15.9 Å². The van der Waals surface area contributed by atoms with Crippen LogP contribution in [0.15, 0.2) is 47.4 Å². The minimum atomic E-state index is -3.76. The highest BCUT2D eigenvalue weighted by atomic mass is 32.2. The fourth-order valence-electron chi connectivity index (χ4n) is 2.68. The standard InChI is InChI=1S/C17H17FN2O3S/c1-10-15-9-14(7-8-16(15)19-17(10)21)24(22,23)20-11(2)12-3-5-13(18)6-4-12/h3-11,20H,1-2H3,(H,19,21)/t10-,11+/m1/s1. The lowest BCUT2D eigenvalue weighted by Gasteiger charge is -2.15. The van der Waals surface area contributed by atoms with Crippen LogP contribution in [0, 0.1) is 5.82 Å². The van der Waals surface area contributed by atoms with Crippen molar-refractivity contribution in [2.45, 2.75) is 30.7 Å². The van der Waals surface area contributed by atoms with E-state index in [1.807, 2.05) is 0 Å². The molecule has 2 N–H and O–H groups in total. The molecule has 0 bridgehead atoms. The van der Waals surface area contributed by atoms with Gasteiger partial charge >= 0.3 is 0 Å². The molecule has 1 aliphatic rings. The van der Waals surface area contributed by atoms with Crippen molar-refractivity contribution in [1.82, 2.24) is 4.72 Å². The Morgan fingerprint density at radius 1 is 1.17 bits per heavy atom. The first-order chi connectivity index (χ1) is 11.3. The van der Waals surface area contributed by atoms with Gasteiger partial charge in [0.25, 0.3) is 0 Å². The lowest BCUT2D eigenvalue weighted by Crippen LogP contribution is -2.27. The number of nitrogens with one attached hydrogen (secondary N) is 2. The zero-order valence-corrected chi connectivity index (χ0v) is 14.0. The van der Waals surface area contributed by atoms with Crippen molar-refractivity contribution in [3.05, 3.63) is 59.4 Å². The molecule has 0 aliphatic carbocycles. The predicted molar refractivity (Wildman–Crippen MR) is 88.6 cm³/mol. The average Bonchev–Trinajstić information content (AvgIpc) is 2.82. The molecule has 24 heavy (non-hydrogen) atoms. The molecule has 2 aromatic carbocycles. The summed E-state index contributed by atoms with van der Waals surface area (Å²) in [5.74, 6) is -0.907. The molecule has 3 rings (SSSR count). The summed E-state index contributed by atoms with van der Waals surface area (Å²) >= 11 is 0. The molecular weight excluding hydrogens is 331 g/mol. The van der Waals surface area contributed by atoms with E-state index >= 15 is 0 Å². The molecule has 7 heteroatoms. The number of hydrogen-bond donors (Lipinski definition) is 2. The first kappa shape index (κ1) is 16.6. The smallest absolute Gasteiger partial charge is 0.241 e. The lowest BCUT2D eigenvalue weighted by atomic mass is 10.0. The summed E-state index contributed by atoms with van der Waals surface area (Å²) in [5.41, 5.74) is 1.96. The van der Waals surface area contributed by atoms with E-state index in [0.717, 1.165) is 0 Å². The first-order valence-electron chi connectivity index (χ1n) is 7.50. The molecule has 126 valence electrons. The van der Waals surface area contributed by atoms with Gasteiger partial charge in [-0.15, -0.1) is 0 Å². The SMILES string of the molecule is C[C@H](NS(=O)(=O)c1ccc2c(c1)[C@@H](C)C(=O)N2)c1ccc(F)cc1. The highest BCUT2D eigenvalue weighted by Crippen LogP contribution is 2.33. The lowest BCUT2D eigenvalue weighted by molar-refractivity contribution is -0.116. The quantitative estimate of drug-likeness (QED) is 0.892. The van der Waals surface area contributed by atoms with Crippen LogP contribution in [0.1, 0.15) is 36.9 Å². The minimum absolute atomic E-state index is 0.0959. The first-order valence-corrected chi connectivity index (χ1v) is 8.99. The van der Waals surface area contributed by atoms with Gasteiger partial charge in [0.1, 0.15) is 5.82 Å². The number of carbonyl (C=O) groups is 1. The van der Waals surface area contributed by atoms with Crippen molar-refractivity contribution in [3.63, 3.8) is 0 Å². The summed E-state index contributed by atoms with van der Waals surface area (Å²) in [5, 5.41) is 2.71. The topological polar surface area (TPSA) is 75.3 Å². The van der Waals surface area contributed by atoms with Crippen molar-refractivity contribution < 1.29 is 17.6 Å². The normalized spacial score (nSPS) is 18.1. The van der Waals surface area contributed by atoms with Crippen LogP contribution in [0.4, 0.5) is 10.1 Å². The van der Waals surface area contributed by atoms with Gasteiger partial charge in [-0.25, -0.2) is 17.5 Å². The van der Waals surface area contributed by atoms with Crippen LogP contribution in [0.3, 0.4) is 0 Å². The Kier molecular flexibility index (Phi) is 4.15. The Balaban J connectivity index is 1.86. The zero-order chi connectivity index (χ0) is 17.5. The molecule has 0 unspecified atom stereocenters. The van der Waals surface area contributed by atoms with Gasteiger partial charge in [-0.2, -0.15) is 0 Å². The second-order valence-corrected chi connectivity index (χ2v) is 7.57. The van der Waals surface area contributed by atoms with E-state index in [0.29, 0.717) is 16.8 Å². The number of sulfonamides is 1. The van der Waals surface area contributed by atoms with E-state index in [4.69, 9.17) is 0 Å². The number of anilines is 1. The Labute approximate surface area is 139 Å². The maximum absolute atomic E-state index is 13.0. The molecule has 0 aromatic heterocycles. The number of halogens is 1. The molecule has 1 amide bonds. The van der Waals surface area contributed by atoms with Crippen molar-refractivity contribution >= 4 is 21.6 Å². The van der Waals surface area contributed by atoms with E-state index in [1.54, 1.807) is 19.9 Å². The van der Waals surface area contributed by atoms with E-state index in [2.05, 4.69) is 10.0 Å². The minimum Gasteiger partial charge on any atom is -0.325 e. The largest absolute Gasteiger partial charge is 0.325 e. The van der Waals surface area contributed by atoms with Gasteiger partial charge in [0.05, 0.1) is 10.8 Å². The Morgan fingerprint density at radius 3 is 2.50 bits per heavy atom. The van der Waals surface area contributed by atoms with Crippen molar-refractivity contribution in [2.75, 3.05) is 5.32 Å². The predicted octanol–water partition coefficient (Wildman–Crippen LogP) is 2.92. The van der Waals surface area contributed by atoms with Gasteiger partial charge in [0, 0.05) is 11.7 Å². The Bertz CT molecular complexity index is 895. The van der Waals surface area contributed by atoms with Crippen LogP contribution in [0.5, 0.6) is 0 Å². The Hall–Kier alpha value is -2.25. The van der Waals surface area contributed by atoms with Crippen LogP contribution >= 0.6 is 0 Å². The van der Waals surface area contributed by atoms with E-state index < -0.39 is 16.1 Å². The highest BCUT2D eigenvalue weighted by molar-refractivity contribution is 7.89. The van der Waals surface area contributed by atoms with Gasteiger partial charge in [-0.3, -0.25) is 4.79 Å². The molecule has 5 nitrogen and oxygen atoms in total. The summed E-state index contributed by atoms with van der Waals surface area (Å²) in [6, 6.07) is 9.69. The van der Waals surface area contributed by atoms with E-state index in [9.17, 15) is 17.6 Å². The number of amides is 1. The van der Waals surface area contributed by atoms with Crippen LogP contribution in [0.2, 0.25) is 0 Å². The molecule has 0 saturated heterocycles. The molecule has 1 aliphatic heterocycles. The van der Waals surface area contributed by atoms with Gasteiger partial charge in [-0.05, 0) is 55.3 Å². The van der Waals surface area contributed by atoms with Crippen LogP contribution in [-0.4, -0.2) is 14.3 Å². The Morgan fingerprint density at radius 2 is 1.83 bits per heavy atom. The monoisotopic (exact) mass is 348 g/mol. The summed E-state index contributed by atoms with van der Waals surface area (Å²) in [4.78, 5) is 11.8. The third-order valence-electron chi connectivity index (χ3n) is 4.15. The summed E-state index contributed by atoms with van der Waals surface area (Å²) in [7, 11) is -3.76. The van der Waals surface area contributed by atoms with E-state index in [1.165, 1.54) is 36.4 Å². The van der Waals surface area contributed by atoms with Crippen LogP contribution in [-0.2, 0) is 14.8 Å². The van der Waals surface area contributed by atoms with Crippen molar-refractivity contribution in [3.8, 4) is 0 Å². The fraction of sp³-hybridized carbons (Fsp3) is 0.235. The molecule has 0 saturated carbocycles. The van der Waals surface area contributed by atoms with Gasteiger partial charge in [0.15, 0.2) is 0 Å². The number of rotatable bonds is 4. The zero-order valence-electron chi connectivity index (χ0n) is 13.2. The maximum atomic E-state index is 13.0. The molecule has 2 atom stereocenters. The van der Waals surface area contributed by atoms with Crippen LogP contribution in [0.25, 0.3) is 0 Å². The number of carbonyl (C=O) groups excluding carboxylic acids is 1. The van der Waals surface area contributed by atoms with Crippen molar-refractivity contribution in [2.24, 2.45) is 0 Å². The average molecular weight is 348 g/mol. The molecule has 2 aromatic rings. The summed E-state index contributed by atoms with van der Waals surface area (Å²) in [6.45, 7) is 3.41. The number of fused-ring (bicyclic) bond motifs is 1. The molecule has 0 fully saturated rings. The third kappa shape index (κ3) is 3.05.